The van der Waals surface area contributed by atoms with Gasteiger partial charge in [-0.2, -0.15) is 0 Å². The Bertz CT molecular complexity index is 944. The summed E-state index contributed by atoms with van der Waals surface area (Å²) in [7, 11) is 2.04. The normalized spacial score (nSPS) is 12.1. The molecule has 138 valence electrons. The van der Waals surface area contributed by atoms with Crippen molar-refractivity contribution < 1.29 is 15.3 Å². The number of aromatic hydroxyl groups is 3. The predicted octanol–water partition coefficient (Wildman–Crippen LogP) is 4.79. The fourth-order valence-corrected chi connectivity index (χ4v) is 2.64. The third-order valence-corrected chi connectivity index (χ3v) is 4.41. The Hall–Kier alpha value is -3.40. The molecule has 0 radical (unpaired) electrons. The number of phenolic OH excluding ortho intramolecular Hbond substituents is 3. The first kappa shape index (κ1) is 18.4. The van der Waals surface area contributed by atoms with Crippen LogP contribution >= 0.6 is 0 Å². The monoisotopic (exact) mass is 361 g/mol. The van der Waals surface area contributed by atoms with E-state index >= 15 is 0 Å². The van der Waals surface area contributed by atoms with E-state index in [1.54, 1.807) is 24.3 Å². The van der Waals surface area contributed by atoms with Crippen LogP contribution in [0.15, 0.2) is 78.6 Å². The van der Waals surface area contributed by atoms with E-state index in [0.29, 0.717) is 5.75 Å². The molecule has 4 rings (SSSR count). The van der Waals surface area contributed by atoms with Crippen LogP contribution in [-0.4, -0.2) is 27.3 Å². The number of rotatable bonds is 3. The molecule has 27 heavy (non-hydrogen) atoms. The Labute approximate surface area is 159 Å². The van der Waals surface area contributed by atoms with Gasteiger partial charge < -0.3 is 20.2 Å². The molecule has 4 heteroatoms. The number of phenols is 3. The van der Waals surface area contributed by atoms with Crippen LogP contribution in [0.1, 0.15) is 11.1 Å². The number of benzene rings is 3. The van der Waals surface area contributed by atoms with Gasteiger partial charge in [-0.3, -0.25) is 0 Å². The van der Waals surface area contributed by atoms with Crippen molar-refractivity contribution >= 4 is 0 Å². The van der Waals surface area contributed by atoms with Gasteiger partial charge in [-0.1, -0.05) is 48.0 Å². The van der Waals surface area contributed by atoms with E-state index in [0.717, 1.165) is 17.5 Å². The molecule has 4 nitrogen and oxygen atoms in total. The lowest BCUT2D eigenvalue weighted by atomic mass is 10.0. The minimum Gasteiger partial charge on any atom is -0.508 e. The first-order chi connectivity index (χ1) is 12.9. The number of hydrogen-bond donors (Lipinski definition) is 3. The minimum absolute atomic E-state index is 0.0897. The Morgan fingerprint density at radius 1 is 0.741 bits per heavy atom. The van der Waals surface area contributed by atoms with Gasteiger partial charge in [0.1, 0.15) is 5.75 Å². The summed E-state index contributed by atoms with van der Waals surface area (Å²) < 4.78 is 0. The second kappa shape index (κ2) is 7.87. The van der Waals surface area contributed by atoms with Crippen LogP contribution in [0.4, 0.5) is 0 Å². The molecule has 0 aliphatic carbocycles. The van der Waals surface area contributed by atoms with E-state index in [4.69, 9.17) is 5.11 Å². The molecule has 0 atom stereocenters. The third kappa shape index (κ3) is 5.05. The average molecular weight is 361 g/mol. The highest BCUT2D eigenvalue weighted by atomic mass is 16.3. The Kier molecular flexibility index (Phi) is 5.36. The van der Waals surface area contributed by atoms with E-state index < -0.39 is 0 Å². The van der Waals surface area contributed by atoms with Crippen molar-refractivity contribution in [2.24, 2.45) is 0 Å². The molecule has 0 spiro atoms. The summed E-state index contributed by atoms with van der Waals surface area (Å²) in [6.07, 6.45) is 3.07. The van der Waals surface area contributed by atoms with Crippen molar-refractivity contribution in [2.45, 2.75) is 13.3 Å². The maximum Gasteiger partial charge on any atom is 0.158 e. The zero-order chi connectivity index (χ0) is 19.4. The van der Waals surface area contributed by atoms with Crippen LogP contribution in [0.2, 0.25) is 0 Å². The van der Waals surface area contributed by atoms with Crippen molar-refractivity contribution in [3.8, 4) is 28.4 Å². The van der Waals surface area contributed by atoms with Gasteiger partial charge in [-0.25, -0.2) is 0 Å². The zero-order valence-electron chi connectivity index (χ0n) is 15.4. The molecular weight excluding hydrogens is 338 g/mol. The molecule has 0 unspecified atom stereocenters. The molecule has 3 aromatic rings. The molecule has 0 saturated carbocycles. The molecule has 3 aromatic carbocycles. The molecule has 0 bridgehead atoms. The van der Waals surface area contributed by atoms with Crippen LogP contribution in [0.25, 0.3) is 11.1 Å². The summed E-state index contributed by atoms with van der Waals surface area (Å²) in [6, 6.07) is 20.2. The van der Waals surface area contributed by atoms with E-state index in [1.165, 1.54) is 22.9 Å². The lowest BCUT2D eigenvalue weighted by Gasteiger charge is -2.04. The van der Waals surface area contributed by atoms with E-state index in [-0.39, 0.29) is 11.5 Å². The number of allylic oxidation sites excluding steroid dienone is 1. The Balaban J connectivity index is 0.000000159. The molecule has 0 saturated heterocycles. The van der Waals surface area contributed by atoms with Gasteiger partial charge >= 0.3 is 0 Å². The van der Waals surface area contributed by atoms with Gasteiger partial charge in [0, 0.05) is 25.4 Å². The molecule has 0 aromatic heterocycles. The van der Waals surface area contributed by atoms with Crippen LogP contribution in [0, 0.1) is 6.92 Å². The predicted molar refractivity (Wildman–Crippen MR) is 108 cm³/mol. The summed E-state index contributed by atoms with van der Waals surface area (Å²) in [6.45, 7) is 2.03. The van der Waals surface area contributed by atoms with Crippen molar-refractivity contribution in [2.75, 3.05) is 7.05 Å². The largest absolute Gasteiger partial charge is 0.508 e. The topological polar surface area (TPSA) is 63.7 Å². The van der Waals surface area contributed by atoms with Crippen molar-refractivity contribution in [3.63, 3.8) is 0 Å². The standard InChI is InChI=1S/C13H12O2.C10H11NO/c1-9-2-4-10(5-3-9)11-6-7-12(14)13(15)8-11;1-11-7-9(11)6-8-2-4-10(12)5-3-8/h2-8,14-15H,1H3;2-5,7,12H,6H2,1H3. The fraction of sp³-hybridized carbons (Fsp3) is 0.130. The maximum atomic E-state index is 9.37. The van der Waals surface area contributed by atoms with Gasteiger partial charge in [-0.15, -0.1) is 0 Å². The maximum absolute atomic E-state index is 9.37. The highest BCUT2D eigenvalue weighted by molar-refractivity contribution is 5.67. The van der Waals surface area contributed by atoms with Gasteiger partial charge in [0.25, 0.3) is 0 Å². The summed E-state index contributed by atoms with van der Waals surface area (Å²) in [5.41, 5.74) is 5.70. The van der Waals surface area contributed by atoms with Gasteiger partial charge in [0.05, 0.1) is 0 Å². The van der Waals surface area contributed by atoms with Crippen LogP contribution in [-0.2, 0) is 6.42 Å². The van der Waals surface area contributed by atoms with Crippen molar-refractivity contribution in [1.29, 1.82) is 0 Å². The smallest absolute Gasteiger partial charge is 0.158 e. The SMILES string of the molecule is CN1C=C1Cc1ccc(O)cc1.Cc1ccc(-c2ccc(O)c(O)c2)cc1. The second-order valence-corrected chi connectivity index (χ2v) is 6.64. The zero-order valence-corrected chi connectivity index (χ0v) is 15.4. The van der Waals surface area contributed by atoms with Gasteiger partial charge in [-0.05, 0) is 47.9 Å². The highest BCUT2D eigenvalue weighted by Crippen LogP contribution is 2.30. The summed E-state index contributed by atoms with van der Waals surface area (Å²) >= 11 is 0. The van der Waals surface area contributed by atoms with Crippen molar-refractivity contribution in [3.05, 3.63) is 89.8 Å². The minimum atomic E-state index is -0.0918. The lowest BCUT2D eigenvalue weighted by Crippen LogP contribution is -1.91. The van der Waals surface area contributed by atoms with Crippen molar-refractivity contribution in [1.82, 2.24) is 4.90 Å². The fourth-order valence-electron chi connectivity index (χ4n) is 2.64. The van der Waals surface area contributed by atoms with E-state index in [1.807, 2.05) is 50.4 Å². The number of aryl methyl sites for hydroxylation is 1. The number of hydrogen-bond acceptors (Lipinski definition) is 4. The van der Waals surface area contributed by atoms with Crippen LogP contribution in [0.3, 0.4) is 0 Å². The lowest BCUT2D eigenvalue weighted by molar-refractivity contribution is 0.404. The number of nitrogens with zero attached hydrogens (tertiary/aromatic N) is 1. The summed E-state index contributed by atoms with van der Waals surface area (Å²) in [5, 5.41) is 27.6. The molecule has 0 amide bonds. The average Bonchev–Trinajstić information content (AvgIpc) is 3.35. The Morgan fingerprint density at radius 2 is 1.33 bits per heavy atom. The van der Waals surface area contributed by atoms with Gasteiger partial charge in [0.2, 0.25) is 0 Å². The van der Waals surface area contributed by atoms with Gasteiger partial charge in [0.15, 0.2) is 11.5 Å². The third-order valence-electron chi connectivity index (χ3n) is 4.41. The van der Waals surface area contributed by atoms with Crippen LogP contribution in [0.5, 0.6) is 17.2 Å². The van der Waals surface area contributed by atoms with E-state index in [9.17, 15) is 10.2 Å². The molecule has 1 heterocycles. The molecule has 1 aliphatic rings. The molecule has 0 fully saturated rings. The van der Waals surface area contributed by atoms with E-state index in [2.05, 4.69) is 11.1 Å². The summed E-state index contributed by atoms with van der Waals surface area (Å²) in [5.74, 6) is 0.149. The first-order valence-corrected chi connectivity index (χ1v) is 8.73. The highest BCUT2D eigenvalue weighted by Gasteiger charge is 2.14. The second-order valence-electron chi connectivity index (χ2n) is 6.64. The Morgan fingerprint density at radius 3 is 1.89 bits per heavy atom. The molecule has 3 N–H and O–H groups in total. The first-order valence-electron chi connectivity index (χ1n) is 8.73. The number of likely N-dealkylation sites (N-methyl/N-ethyl adjacent to an activating group) is 1. The van der Waals surface area contributed by atoms with Crippen LogP contribution < -0.4 is 0 Å². The molecular formula is C23H23NO3. The summed E-state index contributed by atoms with van der Waals surface area (Å²) in [4.78, 5) is 2.10. The quantitative estimate of drug-likeness (QED) is 0.587. The molecule has 1 aliphatic heterocycles.